The van der Waals surface area contributed by atoms with Gasteiger partial charge in [-0.15, -0.1) is 11.6 Å². The van der Waals surface area contributed by atoms with Gasteiger partial charge in [-0.1, -0.05) is 17.7 Å². The second-order valence-electron chi connectivity index (χ2n) is 5.49. The molecule has 0 fully saturated rings. The molecule has 0 saturated carbocycles. The van der Waals surface area contributed by atoms with Gasteiger partial charge in [0, 0.05) is 29.4 Å². The predicted octanol–water partition coefficient (Wildman–Crippen LogP) is 3.63. The van der Waals surface area contributed by atoms with Gasteiger partial charge >= 0.3 is 5.97 Å². The molecule has 2 aromatic rings. The minimum absolute atomic E-state index is 0.0614. The summed E-state index contributed by atoms with van der Waals surface area (Å²) in [5.41, 5.74) is 1.18. The topological polar surface area (TPSA) is 82.6 Å². The van der Waals surface area contributed by atoms with Gasteiger partial charge in [0.2, 0.25) is 0 Å². The minimum Gasteiger partial charge on any atom is -0.760 e. The number of esters is 1. The zero-order chi connectivity index (χ0) is 20.0. The highest BCUT2D eigenvalue weighted by molar-refractivity contribution is 7.76. The summed E-state index contributed by atoms with van der Waals surface area (Å²) < 4.78 is 42.9. The minimum atomic E-state index is -2.61. The molecule has 10 heteroatoms. The first kappa shape index (κ1) is 21.7. The standard InChI is InChI=1S/C17H17Cl2FN2O4S/c1-26-17(23)12-2-4-13(21-9-12)10-22(27(24)25)16(6-7-18)11-3-5-15(20)14(19)8-11/h2-5,8-9,16H,6-7,10H2,1H3,(H,24,25)/p-1. The largest absolute Gasteiger partial charge is 0.760 e. The molecule has 0 aliphatic carbocycles. The highest BCUT2D eigenvalue weighted by Crippen LogP contribution is 2.30. The van der Waals surface area contributed by atoms with Crippen molar-refractivity contribution < 1.29 is 22.7 Å². The summed E-state index contributed by atoms with van der Waals surface area (Å²) in [5.74, 6) is -0.957. The number of hydrogen-bond donors (Lipinski definition) is 0. The van der Waals surface area contributed by atoms with Crippen molar-refractivity contribution >= 4 is 40.4 Å². The van der Waals surface area contributed by atoms with Crippen LogP contribution in [0.4, 0.5) is 4.39 Å². The Kier molecular flexibility index (Phi) is 8.12. The Morgan fingerprint density at radius 1 is 1.41 bits per heavy atom. The number of alkyl halides is 1. The Morgan fingerprint density at radius 2 is 2.15 bits per heavy atom. The van der Waals surface area contributed by atoms with Crippen LogP contribution >= 0.6 is 23.2 Å². The van der Waals surface area contributed by atoms with E-state index in [4.69, 9.17) is 23.2 Å². The van der Waals surface area contributed by atoms with E-state index in [1.165, 1.54) is 43.6 Å². The van der Waals surface area contributed by atoms with E-state index >= 15 is 0 Å². The molecule has 0 radical (unpaired) electrons. The van der Waals surface area contributed by atoms with Crippen LogP contribution in [0.5, 0.6) is 0 Å². The molecule has 0 bridgehead atoms. The summed E-state index contributed by atoms with van der Waals surface area (Å²) in [5, 5.41) is -0.107. The SMILES string of the molecule is COC(=O)c1ccc(CN(C(CCCl)c2ccc(F)c(Cl)c2)S(=O)[O-])nc1. The van der Waals surface area contributed by atoms with Gasteiger partial charge in [0.15, 0.2) is 0 Å². The van der Waals surface area contributed by atoms with Crippen molar-refractivity contribution in [1.29, 1.82) is 0 Å². The molecule has 2 atom stereocenters. The number of carbonyl (C=O) groups is 1. The molecule has 1 aromatic heterocycles. The maximum absolute atomic E-state index is 13.4. The fourth-order valence-electron chi connectivity index (χ4n) is 2.48. The Bertz CT molecular complexity index is 823. The van der Waals surface area contributed by atoms with Gasteiger partial charge in [-0.25, -0.2) is 13.5 Å². The summed E-state index contributed by atoms with van der Waals surface area (Å²) >= 11 is 9.06. The van der Waals surface area contributed by atoms with Gasteiger partial charge in [-0.2, -0.15) is 0 Å². The second-order valence-corrected chi connectivity index (χ2v) is 7.18. The van der Waals surface area contributed by atoms with Crippen molar-refractivity contribution in [3.05, 3.63) is 64.2 Å². The first-order chi connectivity index (χ1) is 12.9. The number of methoxy groups -OCH3 is 1. The maximum Gasteiger partial charge on any atom is 0.339 e. The molecule has 2 rings (SSSR count). The molecule has 0 amide bonds. The summed E-state index contributed by atoms with van der Waals surface area (Å²) in [6.45, 7) is -0.0614. The molecule has 1 aromatic carbocycles. The second kappa shape index (κ2) is 10.1. The zero-order valence-electron chi connectivity index (χ0n) is 14.2. The van der Waals surface area contributed by atoms with Crippen LogP contribution in [-0.2, 0) is 22.5 Å². The van der Waals surface area contributed by atoms with E-state index in [9.17, 15) is 17.9 Å². The first-order valence-corrected chi connectivity index (χ1v) is 9.72. The van der Waals surface area contributed by atoms with Crippen molar-refractivity contribution in [2.45, 2.75) is 19.0 Å². The van der Waals surface area contributed by atoms with Gasteiger partial charge in [0.25, 0.3) is 0 Å². The van der Waals surface area contributed by atoms with Crippen molar-refractivity contribution in [1.82, 2.24) is 9.29 Å². The van der Waals surface area contributed by atoms with Gasteiger partial charge in [-0.3, -0.25) is 9.19 Å². The fourth-order valence-corrected chi connectivity index (χ4v) is 3.55. The van der Waals surface area contributed by atoms with Crippen molar-refractivity contribution in [2.75, 3.05) is 13.0 Å². The number of hydrogen-bond acceptors (Lipinski definition) is 5. The first-order valence-electron chi connectivity index (χ1n) is 7.77. The number of carbonyl (C=O) groups excluding carboxylic acids is 1. The molecule has 2 unspecified atom stereocenters. The molecular formula is C17H16Cl2FN2O4S-. The molecule has 146 valence electrons. The van der Waals surface area contributed by atoms with Crippen LogP contribution < -0.4 is 0 Å². The van der Waals surface area contributed by atoms with Crippen LogP contribution in [0.15, 0.2) is 36.5 Å². The molecule has 0 spiro atoms. The number of benzene rings is 1. The summed E-state index contributed by atoms with van der Waals surface area (Å²) in [6.07, 6.45) is 1.59. The van der Waals surface area contributed by atoms with Crippen molar-refractivity contribution in [3.8, 4) is 0 Å². The lowest BCUT2D eigenvalue weighted by atomic mass is 10.0. The highest BCUT2D eigenvalue weighted by Gasteiger charge is 2.23. The summed E-state index contributed by atoms with van der Waals surface area (Å²) in [6, 6.07) is 6.38. The number of pyridine rings is 1. The van der Waals surface area contributed by atoms with E-state index in [1.54, 1.807) is 0 Å². The molecule has 0 aliphatic heterocycles. The fraction of sp³-hybridized carbons (Fsp3) is 0.294. The average molecular weight is 434 g/mol. The van der Waals surface area contributed by atoms with Gasteiger partial charge in [-0.05, 0) is 36.2 Å². The average Bonchev–Trinajstić information content (AvgIpc) is 2.66. The molecule has 1 heterocycles. The molecule has 6 nitrogen and oxygen atoms in total. The third-order valence-corrected chi connectivity index (χ3v) is 5.09. The van der Waals surface area contributed by atoms with Crippen LogP contribution in [0.2, 0.25) is 5.02 Å². The molecule has 0 aliphatic rings. The van der Waals surface area contributed by atoms with E-state index in [0.717, 1.165) is 4.31 Å². The lowest BCUT2D eigenvalue weighted by Gasteiger charge is -2.32. The van der Waals surface area contributed by atoms with E-state index in [1.807, 2.05) is 0 Å². The predicted molar refractivity (Wildman–Crippen MR) is 99.5 cm³/mol. The monoisotopic (exact) mass is 433 g/mol. The summed E-state index contributed by atoms with van der Waals surface area (Å²) in [7, 11) is 1.25. The van der Waals surface area contributed by atoms with Crippen LogP contribution in [0.1, 0.15) is 34.1 Å². The Hall–Kier alpha value is -1.58. The van der Waals surface area contributed by atoms with Gasteiger partial charge in [0.1, 0.15) is 5.82 Å². The highest BCUT2D eigenvalue weighted by atomic mass is 35.5. The lowest BCUT2D eigenvalue weighted by Crippen LogP contribution is -2.31. The van der Waals surface area contributed by atoms with Crippen LogP contribution in [0.3, 0.4) is 0 Å². The zero-order valence-corrected chi connectivity index (χ0v) is 16.6. The Morgan fingerprint density at radius 3 is 2.67 bits per heavy atom. The number of rotatable bonds is 8. The third kappa shape index (κ3) is 5.70. The molecule has 27 heavy (non-hydrogen) atoms. The quantitative estimate of drug-likeness (QED) is 0.360. The van der Waals surface area contributed by atoms with Crippen molar-refractivity contribution in [3.63, 3.8) is 0 Å². The number of nitrogens with zero attached hydrogens (tertiary/aromatic N) is 2. The lowest BCUT2D eigenvalue weighted by molar-refractivity contribution is 0.0600. The number of aromatic nitrogens is 1. The van der Waals surface area contributed by atoms with E-state index in [-0.39, 0.29) is 29.4 Å². The van der Waals surface area contributed by atoms with E-state index < -0.39 is 29.1 Å². The van der Waals surface area contributed by atoms with E-state index in [2.05, 4.69) is 9.72 Å². The number of halogens is 3. The van der Waals surface area contributed by atoms with Crippen LogP contribution in [-0.4, -0.2) is 37.0 Å². The third-order valence-electron chi connectivity index (χ3n) is 3.81. The van der Waals surface area contributed by atoms with Crippen LogP contribution in [0, 0.1) is 5.82 Å². The molecule has 0 saturated heterocycles. The summed E-state index contributed by atoms with van der Waals surface area (Å²) in [4.78, 5) is 15.6. The van der Waals surface area contributed by atoms with Gasteiger partial charge < -0.3 is 9.29 Å². The Labute approximate surface area is 168 Å². The van der Waals surface area contributed by atoms with E-state index in [0.29, 0.717) is 11.3 Å². The number of ether oxygens (including phenoxy) is 1. The molecular weight excluding hydrogens is 418 g/mol. The molecule has 0 N–H and O–H groups in total. The maximum atomic E-state index is 13.4. The van der Waals surface area contributed by atoms with Crippen molar-refractivity contribution in [2.24, 2.45) is 0 Å². The Balaban J connectivity index is 2.30. The van der Waals surface area contributed by atoms with Crippen LogP contribution in [0.25, 0.3) is 0 Å². The smallest absolute Gasteiger partial charge is 0.339 e. The normalized spacial score (nSPS) is 13.4. The van der Waals surface area contributed by atoms with Gasteiger partial charge in [0.05, 0.1) is 29.9 Å².